The Balaban J connectivity index is 1.78. The second kappa shape index (κ2) is 4.14. The summed E-state index contributed by atoms with van der Waals surface area (Å²) >= 11 is 0. The minimum absolute atomic E-state index is 0.0883. The summed E-state index contributed by atoms with van der Waals surface area (Å²) in [5.41, 5.74) is 1.10. The molecule has 5 aliphatic rings. The molecule has 0 unspecified atom stereocenters. The highest BCUT2D eigenvalue weighted by atomic mass is 16.6. The maximum atomic E-state index is 12.9. The molecule has 6 atom stereocenters. The Labute approximate surface area is 142 Å². The lowest BCUT2D eigenvalue weighted by Crippen LogP contribution is -2.46. The fourth-order valence-electron chi connectivity index (χ4n) is 7.09. The van der Waals surface area contributed by atoms with E-state index in [0.29, 0.717) is 5.92 Å². The standard InChI is InChI=1S/C20H24O4/c1-11-9-19-10-12(11)5-6-13(19)20-8-4-7-18(2,17(22)24-20)15(20)14(19)16(21)23-3/h6,12,14-15H,1,4-5,7-10H2,2-3H3/t12-,14-,15-,18+,19+,20-/m1/s1. The molecule has 1 aliphatic heterocycles. The fourth-order valence-corrected chi connectivity index (χ4v) is 7.09. The third-order valence-corrected chi connectivity index (χ3v) is 7.89. The van der Waals surface area contributed by atoms with Crippen molar-refractivity contribution in [1.29, 1.82) is 0 Å². The van der Waals surface area contributed by atoms with Crippen molar-refractivity contribution in [1.82, 2.24) is 0 Å². The van der Waals surface area contributed by atoms with Gasteiger partial charge in [0.05, 0.1) is 18.4 Å². The van der Waals surface area contributed by atoms with Crippen LogP contribution >= 0.6 is 0 Å². The number of esters is 2. The van der Waals surface area contributed by atoms with Crippen molar-refractivity contribution in [2.24, 2.45) is 28.6 Å². The van der Waals surface area contributed by atoms with Crippen molar-refractivity contribution < 1.29 is 19.1 Å². The molecule has 0 aromatic rings. The van der Waals surface area contributed by atoms with Gasteiger partial charge in [-0.1, -0.05) is 18.2 Å². The van der Waals surface area contributed by atoms with Gasteiger partial charge in [0.1, 0.15) is 5.60 Å². The lowest BCUT2D eigenvalue weighted by atomic mass is 9.60. The van der Waals surface area contributed by atoms with E-state index in [-0.39, 0.29) is 29.2 Å². The van der Waals surface area contributed by atoms with Crippen LogP contribution in [-0.4, -0.2) is 24.6 Å². The molecule has 0 aromatic heterocycles. The predicted molar refractivity (Wildman–Crippen MR) is 86.8 cm³/mol. The van der Waals surface area contributed by atoms with Gasteiger partial charge in [0.15, 0.2) is 0 Å². The number of rotatable bonds is 1. The van der Waals surface area contributed by atoms with Crippen LogP contribution in [-0.2, 0) is 19.1 Å². The highest BCUT2D eigenvalue weighted by Gasteiger charge is 2.79. The minimum atomic E-state index is -0.571. The van der Waals surface area contributed by atoms with Crippen LogP contribution < -0.4 is 0 Å². The SMILES string of the molecule is C=C1C[C@]23C[C@H]1CC=C2[C@@]12CCC[C@](C)(C(=O)O1)[C@H]2[C@@H]3C(=O)OC. The molecule has 0 aromatic carbocycles. The fraction of sp³-hybridized carbons (Fsp3) is 0.700. The maximum Gasteiger partial charge on any atom is 0.313 e. The van der Waals surface area contributed by atoms with Crippen molar-refractivity contribution in [3.05, 3.63) is 23.8 Å². The summed E-state index contributed by atoms with van der Waals surface area (Å²) in [6, 6.07) is 0. The molecule has 0 amide bonds. The molecule has 4 aliphatic carbocycles. The number of ether oxygens (including phenoxy) is 2. The van der Waals surface area contributed by atoms with Crippen molar-refractivity contribution in [2.45, 2.75) is 51.0 Å². The molecule has 24 heavy (non-hydrogen) atoms. The number of fused-ring (bicyclic) bond motifs is 1. The first kappa shape index (κ1) is 14.7. The summed E-state index contributed by atoms with van der Waals surface area (Å²) in [7, 11) is 1.47. The van der Waals surface area contributed by atoms with E-state index in [1.54, 1.807) is 0 Å². The number of carbonyl (C=O) groups is 2. The lowest BCUT2D eigenvalue weighted by Gasteiger charge is -2.39. The smallest absolute Gasteiger partial charge is 0.313 e. The Morgan fingerprint density at radius 3 is 2.96 bits per heavy atom. The molecule has 128 valence electrons. The van der Waals surface area contributed by atoms with Gasteiger partial charge in [-0.3, -0.25) is 9.59 Å². The van der Waals surface area contributed by atoms with Crippen LogP contribution in [0.2, 0.25) is 0 Å². The van der Waals surface area contributed by atoms with Crippen LogP contribution in [0.15, 0.2) is 23.8 Å². The van der Waals surface area contributed by atoms with Crippen LogP contribution in [0.5, 0.6) is 0 Å². The average molecular weight is 328 g/mol. The highest BCUT2D eigenvalue weighted by Crippen LogP contribution is 2.76. The first-order chi connectivity index (χ1) is 11.4. The van der Waals surface area contributed by atoms with Gasteiger partial charge in [-0.15, -0.1) is 0 Å². The Hall–Kier alpha value is -1.58. The summed E-state index contributed by atoms with van der Waals surface area (Å²) < 4.78 is 11.4. The molecule has 4 fully saturated rings. The monoisotopic (exact) mass is 328 g/mol. The second-order valence-corrected chi connectivity index (χ2v) is 8.77. The Bertz CT molecular complexity index is 721. The number of hydrogen-bond donors (Lipinski definition) is 0. The third-order valence-electron chi connectivity index (χ3n) is 7.89. The zero-order chi connectivity index (χ0) is 16.9. The first-order valence-electron chi connectivity index (χ1n) is 9.09. The molecule has 4 bridgehead atoms. The van der Waals surface area contributed by atoms with Gasteiger partial charge in [0.25, 0.3) is 0 Å². The molecule has 1 heterocycles. The van der Waals surface area contributed by atoms with Gasteiger partial charge in [0, 0.05) is 11.3 Å². The van der Waals surface area contributed by atoms with Crippen molar-refractivity contribution in [3.63, 3.8) is 0 Å². The van der Waals surface area contributed by atoms with Crippen LogP contribution in [0.1, 0.15) is 45.4 Å². The molecule has 1 spiro atoms. The number of allylic oxidation sites excluding steroid dienone is 2. The predicted octanol–water partition coefficient (Wildman–Crippen LogP) is 3.17. The van der Waals surface area contributed by atoms with E-state index in [9.17, 15) is 9.59 Å². The Morgan fingerprint density at radius 1 is 1.42 bits per heavy atom. The van der Waals surface area contributed by atoms with Gasteiger partial charge >= 0.3 is 11.9 Å². The van der Waals surface area contributed by atoms with Gasteiger partial charge in [0.2, 0.25) is 0 Å². The molecule has 5 rings (SSSR count). The third kappa shape index (κ3) is 1.32. The normalized spacial score (nSPS) is 50.9. The first-order valence-corrected chi connectivity index (χ1v) is 9.09. The van der Waals surface area contributed by atoms with E-state index in [2.05, 4.69) is 12.7 Å². The second-order valence-electron chi connectivity index (χ2n) is 8.77. The minimum Gasteiger partial charge on any atom is -0.469 e. The van der Waals surface area contributed by atoms with E-state index in [1.165, 1.54) is 18.3 Å². The van der Waals surface area contributed by atoms with Gasteiger partial charge < -0.3 is 9.47 Å². The highest BCUT2D eigenvalue weighted by molar-refractivity contribution is 5.87. The molecule has 3 saturated carbocycles. The summed E-state index contributed by atoms with van der Waals surface area (Å²) in [6.07, 6.45) is 7.68. The number of carbonyl (C=O) groups excluding carboxylic acids is 2. The molecule has 4 nitrogen and oxygen atoms in total. The molecule has 4 heteroatoms. The molecule has 1 saturated heterocycles. The average Bonchev–Trinajstić information content (AvgIpc) is 2.99. The number of methoxy groups -OCH3 is 1. The molecular formula is C20H24O4. The van der Waals surface area contributed by atoms with Crippen LogP contribution in [0.25, 0.3) is 0 Å². The van der Waals surface area contributed by atoms with Crippen molar-refractivity contribution in [2.75, 3.05) is 7.11 Å². The van der Waals surface area contributed by atoms with Gasteiger partial charge in [-0.05, 0) is 56.9 Å². The van der Waals surface area contributed by atoms with Crippen molar-refractivity contribution >= 4 is 11.9 Å². The summed E-state index contributed by atoms with van der Waals surface area (Å²) in [5, 5.41) is 0. The van der Waals surface area contributed by atoms with E-state index >= 15 is 0 Å². The van der Waals surface area contributed by atoms with E-state index in [4.69, 9.17) is 9.47 Å². The van der Waals surface area contributed by atoms with E-state index in [0.717, 1.165) is 38.5 Å². The van der Waals surface area contributed by atoms with E-state index in [1.807, 2.05) is 6.92 Å². The summed E-state index contributed by atoms with van der Waals surface area (Å²) in [4.78, 5) is 25.7. The van der Waals surface area contributed by atoms with Crippen molar-refractivity contribution in [3.8, 4) is 0 Å². The van der Waals surface area contributed by atoms with Crippen LogP contribution in [0.4, 0.5) is 0 Å². The quantitative estimate of drug-likeness (QED) is 0.548. The maximum absolute atomic E-state index is 12.9. The summed E-state index contributed by atoms with van der Waals surface area (Å²) in [6.45, 7) is 6.29. The largest absolute Gasteiger partial charge is 0.469 e. The zero-order valence-corrected chi connectivity index (χ0v) is 14.4. The number of hydrogen-bond acceptors (Lipinski definition) is 4. The molecule has 0 radical (unpaired) electrons. The van der Waals surface area contributed by atoms with Gasteiger partial charge in [-0.2, -0.15) is 0 Å². The van der Waals surface area contributed by atoms with E-state index < -0.39 is 11.0 Å². The lowest BCUT2D eigenvalue weighted by molar-refractivity contribution is -0.154. The Kier molecular flexibility index (Phi) is 2.55. The van der Waals surface area contributed by atoms with Crippen LogP contribution in [0, 0.1) is 28.6 Å². The van der Waals surface area contributed by atoms with Crippen LogP contribution in [0.3, 0.4) is 0 Å². The molecular weight excluding hydrogens is 304 g/mol. The summed E-state index contributed by atoms with van der Waals surface area (Å²) in [5.74, 6) is -0.204. The topological polar surface area (TPSA) is 52.6 Å². The Morgan fingerprint density at radius 2 is 2.21 bits per heavy atom. The van der Waals surface area contributed by atoms with Gasteiger partial charge in [-0.25, -0.2) is 0 Å². The zero-order valence-electron chi connectivity index (χ0n) is 14.4. The molecule has 0 N–H and O–H groups in total.